The summed E-state index contributed by atoms with van der Waals surface area (Å²) in [6.45, 7) is 1.78. The van der Waals surface area contributed by atoms with Crippen LogP contribution in [0.15, 0.2) is 53.3 Å². The van der Waals surface area contributed by atoms with Crippen LogP contribution in [0.1, 0.15) is 17.3 Å². The average Bonchev–Trinajstić information content (AvgIpc) is 3.31. The van der Waals surface area contributed by atoms with Gasteiger partial charge < -0.3 is 15.8 Å². The molecule has 3 rings (SSSR count). The maximum Gasteiger partial charge on any atom is 0.251 e. The van der Waals surface area contributed by atoms with Crippen molar-refractivity contribution in [3.8, 4) is 11.4 Å². The first kappa shape index (κ1) is 19.0. The Balaban J connectivity index is 1.71. The molecule has 3 N–H and O–H groups in total. The molecule has 0 fully saturated rings. The first-order valence-corrected chi connectivity index (χ1v) is 9.78. The first-order chi connectivity index (χ1) is 13.0. The van der Waals surface area contributed by atoms with E-state index in [-0.39, 0.29) is 5.91 Å². The van der Waals surface area contributed by atoms with Gasteiger partial charge in [0.05, 0.1) is 17.9 Å². The molecule has 7 nitrogen and oxygen atoms in total. The van der Waals surface area contributed by atoms with Gasteiger partial charge in [0.15, 0.2) is 5.16 Å². The maximum absolute atomic E-state index is 12.5. The third kappa shape index (κ3) is 4.32. The van der Waals surface area contributed by atoms with E-state index >= 15 is 0 Å². The number of benzene rings is 1. The van der Waals surface area contributed by atoms with Crippen molar-refractivity contribution >= 4 is 39.9 Å². The quantitative estimate of drug-likeness (QED) is 0.592. The van der Waals surface area contributed by atoms with E-state index in [0.29, 0.717) is 15.7 Å². The lowest BCUT2D eigenvalue weighted by Crippen LogP contribution is -2.24. The van der Waals surface area contributed by atoms with Gasteiger partial charge in [0, 0.05) is 18.1 Å². The second-order valence-corrected chi connectivity index (χ2v) is 7.78. The van der Waals surface area contributed by atoms with Crippen molar-refractivity contribution in [3.05, 3.63) is 53.7 Å². The SMILES string of the molecule is COc1ccc(-n2ccnc2S[C@H](C)C(=O)Nc2sccc2C(N)=O)cc1. The molecule has 0 unspecified atom stereocenters. The third-order valence-corrected chi connectivity index (χ3v) is 5.69. The molecule has 1 aromatic carbocycles. The van der Waals surface area contributed by atoms with Crippen LogP contribution in [0.25, 0.3) is 5.69 Å². The van der Waals surface area contributed by atoms with E-state index in [1.807, 2.05) is 35.0 Å². The van der Waals surface area contributed by atoms with Gasteiger partial charge in [0.2, 0.25) is 5.91 Å². The number of hydrogen-bond donors (Lipinski definition) is 2. The van der Waals surface area contributed by atoms with E-state index in [1.165, 1.54) is 23.1 Å². The number of rotatable bonds is 7. The lowest BCUT2D eigenvalue weighted by molar-refractivity contribution is -0.115. The second kappa shape index (κ2) is 8.28. The van der Waals surface area contributed by atoms with Crippen LogP contribution in [-0.4, -0.2) is 33.7 Å². The van der Waals surface area contributed by atoms with Crippen LogP contribution in [0.2, 0.25) is 0 Å². The van der Waals surface area contributed by atoms with Gasteiger partial charge in [-0.1, -0.05) is 11.8 Å². The molecule has 1 atom stereocenters. The van der Waals surface area contributed by atoms with Crippen molar-refractivity contribution in [1.82, 2.24) is 9.55 Å². The number of amides is 2. The number of thiophene rings is 1. The molecule has 0 bridgehead atoms. The predicted octanol–water partition coefficient (Wildman–Crippen LogP) is 3.16. The molecule has 140 valence electrons. The lowest BCUT2D eigenvalue weighted by atomic mass is 10.3. The van der Waals surface area contributed by atoms with Crippen LogP contribution in [0.4, 0.5) is 5.00 Å². The van der Waals surface area contributed by atoms with Crippen molar-refractivity contribution in [3.63, 3.8) is 0 Å². The Morgan fingerprint density at radius 2 is 2.04 bits per heavy atom. The van der Waals surface area contributed by atoms with E-state index in [1.54, 1.807) is 31.7 Å². The summed E-state index contributed by atoms with van der Waals surface area (Å²) in [6.07, 6.45) is 3.51. The maximum atomic E-state index is 12.5. The van der Waals surface area contributed by atoms with Crippen LogP contribution < -0.4 is 15.8 Å². The summed E-state index contributed by atoms with van der Waals surface area (Å²) in [6, 6.07) is 9.15. The fraction of sp³-hybridized carbons (Fsp3) is 0.167. The molecule has 0 aliphatic heterocycles. The van der Waals surface area contributed by atoms with E-state index in [4.69, 9.17) is 10.5 Å². The van der Waals surface area contributed by atoms with Gasteiger partial charge in [-0.15, -0.1) is 11.3 Å². The largest absolute Gasteiger partial charge is 0.497 e. The smallest absolute Gasteiger partial charge is 0.251 e. The summed E-state index contributed by atoms with van der Waals surface area (Å²) in [4.78, 5) is 28.2. The summed E-state index contributed by atoms with van der Waals surface area (Å²) >= 11 is 2.58. The summed E-state index contributed by atoms with van der Waals surface area (Å²) in [5, 5.41) is 5.19. The normalized spacial score (nSPS) is 11.8. The third-order valence-electron chi connectivity index (χ3n) is 3.78. The Kier molecular flexibility index (Phi) is 5.82. The fourth-order valence-corrected chi connectivity index (χ4v) is 4.02. The van der Waals surface area contributed by atoms with E-state index < -0.39 is 11.2 Å². The zero-order valence-electron chi connectivity index (χ0n) is 14.7. The Morgan fingerprint density at radius 1 is 1.30 bits per heavy atom. The average molecular weight is 403 g/mol. The van der Waals surface area contributed by atoms with Crippen molar-refractivity contribution in [2.75, 3.05) is 12.4 Å². The molecular formula is C18H18N4O3S2. The molecule has 0 saturated heterocycles. The first-order valence-electron chi connectivity index (χ1n) is 8.02. The van der Waals surface area contributed by atoms with Crippen molar-refractivity contribution in [1.29, 1.82) is 0 Å². The standard InChI is InChI=1S/C18H18N4O3S2/c1-11(16(24)21-17-14(15(19)23)7-10-26-17)27-18-20-8-9-22(18)12-3-5-13(25-2)6-4-12/h3-11H,1-2H3,(H2,19,23)(H,21,24)/t11-/m1/s1. The van der Waals surface area contributed by atoms with Gasteiger partial charge in [0.1, 0.15) is 10.8 Å². The number of ether oxygens (including phenoxy) is 1. The minimum atomic E-state index is -0.568. The summed E-state index contributed by atoms with van der Waals surface area (Å²) in [5.41, 5.74) is 6.54. The number of anilines is 1. The Morgan fingerprint density at radius 3 is 2.70 bits per heavy atom. The second-order valence-electron chi connectivity index (χ2n) is 5.55. The number of carbonyl (C=O) groups is 2. The van der Waals surface area contributed by atoms with Crippen LogP contribution in [-0.2, 0) is 4.79 Å². The number of thioether (sulfide) groups is 1. The summed E-state index contributed by atoms with van der Waals surface area (Å²) in [5.74, 6) is -0.0295. The molecule has 2 amide bonds. The van der Waals surface area contributed by atoms with Crippen LogP contribution in [0.5, 0.6) is 5.75 Å². The van der Waals surface area contributed by atoms with Gasteiger partial charge in [-0.3, -0.25) is 14.2 Å². The number of hydrogen-bond acceptors (Lipinski definition) is 6. The van der Waals surface area contributed by atoms with Crippen molar-refractivity contribution < 1.29 is 14.3 Å². The molecule has 27 heavy (non-hydrogen) atoms. The van der Waals surface area contributed by atoms with Crippen LogP contribution >= 0.6 is 23.1 Å². The number of carbonyl (C=O) groups excluding carboxylic acids is 2. The van der Waals surface area contributed by atoms with E-state index in [2.05, 4.69) is 10.3 Å². The van der Waals surface area contributed by atoms with Crippen LogP contribution in [0.3, 0.4) is 0 Å². The Bertz CT molecular complexity index is 950. The zero-order valence-corrected chi connectivity index (χ0v) is 16.3. The lowest BCUT2D eigenvalue weighted by Gasteiger charge is -2.13. The van der Waals surface area contributed by atoms with E-state index in [0.717, 1.165) is 11.4 Å². The molecule has 2 aromatic heterocycles. The Labute approximate surface area is 164 Å². The van der Waals surface area contributed by atoms with Gasteiger partial charge in [-0.25, -0.2) is 4.98 Å². The zero-order chi connectivity index (χ0) is 19.4. The number of aromatic nitrogens is 2. The topological polar surface area (TPSA) is 99.2 Å². The van der Waals surface area contributed by atoms with Gasteiger partial charge in [-0.2, -0.15) is 0 Å². The minimum Gasteiger partial charge on any atom is -0.497 e. The molecule has 0 spiro atoms. The van der Waals surface area contributed by atoms with Crippen molar-refractivity contribution in [2.24, 2.45) is 5.73 Å². The molecule has 2 heterocycles. The molecule has 0 saturated carbocycles. The number of imidazole rings is 1. The fourth-order valence-electron chi connectivity index (χ4n) is 2.34. The molecule has 3 aromatic rings. The number of primary amides is 1. The van der Waals surface area contributed by atoms with Gasteiger partial charge >= 0.3 is 0 Å². The predicted molar refractivity (Wildman–Crippen MR) is 107 cm³/mol. The highest BCUT2D eigenvalue weighted by molar-refractivity contribution is 8.00. The summed E-state index contributed by atoms with van der Waals surface area (Å²) in [7, 11) is 1.62. The molecule has 9 heteroatoms. The van der Waals surface area contributed by atoms with Gasteiger partial charge in [0.25, 0.3) is 5.91 Å². The molecule has 0 aliphatic carbocycles. The number of nitrogens with zero attached hydrogens (tertiary/aromatic N) is 2. The van der Waals surface area contributed by atoms with Crippen LogP contribution in [0, 0.1) is 0 Å². The number of methoxy groups -OCH3 is 1. The molecule has 0 aliphatic rings. The van der Waals surface area contributed by atoms with Gasteiger partial charge in [-0.05, 0) is 42.6 Å². The summed E-state index contributed by atoms with van der Waals surface area (Å²) < 4.78 is 7.07. The minimum absolute atomic E-state index is 0.228. The molecular weight excluding hydrogens is 384 g/mol. The van der Waals surface area contributed by atoms with E-state index in [9.17, 15) is 9.59 Å². The highest BCUT2D eigenvalue weighted by atomic mass is 32.2. The van der Waals surface area contributed by atoms with Crippen molar-refractivity contribution in [2.45, 2.75) is 17.3 Å². The Hall–Kier alpha value is -2.78. The number of nitrogens with one attached hydrogen (secondary N) is 1. The number of nitrogens with two attached hydrogens (primary N) is 1. The molecule has 0 radical (unpaired) electrons. The highest BCUT2D eigenvalue weighted by Gasteiger charge is 2.20. The monoisotopic (exact) mass is 402 g/mol. The highest BCUT2D eigenvalue weighted by Crippen LogP contribution is 2.28.